The third-order valence-corrected chi connectivity index (χ3v) is 5.73. The zero-order valence-corrected chi connectivity index (χ0v) is 19.8. The number of anilines is 1. The molecule has 0 saturated carbocycles. The van der Waals surface area contributed by atoms with E-state index < -0.39 is 18.5 Å². The van der Waals surface area contributed by atoms with Crippen LogP contribution in [0.2, 0.25) is 0 Å². The molecule has 0 aliphatic rings. The second-order valence-electron chi connectivity index (χ2n) is 8.18. The minimum absolute atomic E-state index is 0.230. The molecular formula is C27H26N4O4. The number of aryl methyl sites for hydroxylation is 2. The van der Waals surface area contributed by atoms with Crippen LogP contribution in [0, 0.1) is 20.8 Å². The zero-order chi connectivity index (χ0) is 24.9. The lowest BCUT2D eigenvalue weighted by molar-refractivity contribution is -0.126. The summed E-state index contributed by atoms with van der Waals surface area (Å²) in [5.41, 5.74) is 5.47. The molecule has 35 heavy (non-hydrogen) atoms. The van der Waals surface area contributed by atoms with Gasteiger partial charge in [0, 0.05) is 11.4 Å². The van der Waals surface area contributed by atoms with Gasteiger partial charge in [-0.15, -0.1) is 0 Å². The van der Waals surface area contributed by atoms with E-state index in [1.165, 1.54) is 0 Å². The van der Waals surface area contributed by atoms with Crippen LogP contribution >= 0.6 is 0 Å². The normalized spacial score (nSPS) is 10.7. The number of amides is 2. The number of carbonyl (C=O) groups is 3. The lowest BCUT2D eigenvalue weighted by Gasteiger charge is -2.11. The van der Waals surface area contributed by atoms with Crippen LogP contribution in [0.15, 0.2) is 66.7 Å². The van der Waals surface area contributed by atoms with E-state index in [0.717, 1.165) is 28.2 Å². The average Bonchev–Trinajstić information content (AvgIpc) is 3.19. The van der Waals surface area contributed by atoms with Gasteiger partial charge in [-0.2, -0.15) is 0 Å². The first-order chi connectivity index (χ1) is 16.8. The highest BCUT2D eigenvalue weighted by atomic mass is 16.5. The molecule has 8 nitrogen and oxygen atoms in total. The van der Waals surface area contributed by atoms with E-state index >= 15 is 0 Å². The van der Waals surface area contributed by atoms with Crippen molar-refractivity contribution in [3.8, 4) is 5.69 Å². The molecule has 0 aliphatic heterocycles. The van der Waals surface area contributed by atoms with Crippen LogP contribution in [0.3, 0.4) is 0 Å². The molecular weight excluding hydrogens is 444 g/mol. The predicted molar refractivity (Wildman–Crippen MR) is 134 cm³/mol. The van der Waals surface area contributed by atoms with E-state index in [0.29, 0.717) is 11.2 Å². The smallest absolute Gasteiger partial charge is 0.338 e. The summed E-state index contributed by atoms with van der Waals surface area (Å²) in [6.45, 7) is 5.03. The van der Waals surface area contributed by atoms with Gasteiger partial charge in [0.25, 0.3) is 5.91 Å². The molecule has 2 amide bonds. The molecule has 4 rings (SSSR count). The van der Waals surface area contributed by atoms with Crippen LogP contribution in [-0.2, 0) is 14.3 Å². The van der Waals surface area contributed by atoms with Gasteiger partial charge >= 0.3 is 5.97 Å². The number of fused-ring (bicyclic) bond motifs is 1. The number of hydrogen-bond donors (Lipinski definition) is 2. The molecule has 0 bridgehead atoms. The summed E-state index contributed by atoms with van der Waals surface area (Å²) in [5.74, 6) is -0.794. The molecule has 8 heteroatoms. The molecule has 0 fully saturated rings. The molecule has 0 atom stereocenters. The lowest BCUT2D eigenvalue weighted by Crippen LogP contribution is -2.35. The summed E-state index contributed by atoms with van der Waals surface area (Å²) < 4.78 is 7.13. The quantitative estimate of drug-likeness (QED) is 0.399. The van der Waals surface area contributed by atoms with Crippen LogP contribution in [-0.4, -0.2) is 40.5 Å². The highest BCUT2D eigenvalue weighted by Crippen LogP contribution is 2.22. The summed E-state index contributed by atoms with van der Waals surface area (Å²) >= 11 is 0. The maximum absolute atomic E-state index is 12.5. The van der Waals surface area contributed by atoms with Crippen molar-refractivity contribution in [2.75, 3.05) is 18.5 Å². The van der Waals surface area contributed by atoms with Crippen molar-refractivity contribution in [1.82, 2.24) is 14.9 Å². The zero-order valence-electron chi connectivity index (χ0n) is 19.8. The number of carbonyl (C=O) groups excluding carboxylic acids is 3. The number of imidazole rings is 1. The van der Waals surface area contributed by atoms with Crippen molar-refractivity contribution in [2.45, 2.75) is 20.8 Å². The minimum Gasteiger partial charge on any atom is -0.452 e. The summed E-state index contributed by atoms with van der Waals surface area (Å²) in [6, 6.07) is 20.5. The lowest BCUT2D eigenvalue weighted by atomic mass is 10.1. The number of nitrogens with zero attached hydrogens (tertiary/aromatic N) is 2. The maximum atomic E-state index is 12.5. The first-order valence-electron chi connectivity index (χ1n) is 11.2. The van der Waals surface area contributed by atoms with Gasteiger partial charge in [0.15, 0.2) is 6.61 Å². The standard InChI is InChI=1S/C27H26N4O4/c1-17-8-7-11-22(18(17)2)30-25(32)15-28-26(33)16-35-27(34)20-12-13-24-23(14-20)29-19(3)31(24)21-9-5-4-6-10-21/h4-14H,15-16H2,1-3H3,(H,28,33)(H,30,32). The summed E-state index contributed by atoms with van der Waals surface area (Å²) in [5, 5.41) is 5.22. The number of nitrogens with one attached hydrogen (secondary N) is 2. The van der Waals surface area contributed by atoms with E-state index in [-0.39, 0.29) is 18.0 Å². The Morgan fingerprint density at radius 1 is 0.914 bits per heavy atom. The molecule has 1 aromatic heterocycles. The monoisotopic (exact) mass is 470 g/mol. The molecule has 0 unspecified atom stereocenters. The van der Waals surface area contributed by atoms with Gasteiger partial charge in [-0.3, -0.25) is 14.2 Å². The van der Waals surface area contributed by atoms with Crippen LogP contribution in [0.1, 0.15) is 27.3 Å². The van der Waals surface area contributed by atoms with Crippen molar-refractivity contribution >= 4 is 34.5 Å². The number of benzene rings is 3. The van der Waals surface area contributed by atoms with Crippen LogP contribution in [0.4, 0.5) is 5.69 Å². The van der Waals surface area contributed by atoms with Gasteiger partial charge in [0.1, 0.15) is 5.82 Å². The van der Waals surface area contributed by atoms with E-state index in [9.17, 15) is 14.4 Å². The minimum atomic E-state index is -0.645. The Morgan fingerprint density at radius 2 is 1.69 bits per heavy atom. The Bertz CT molecular complexity index is 1410. The van der Waals surface area contributed by atoms with E-state index in [2.05, 4.69) is 15.6 Å². The number of rotatable bonds is 7. The number of ether oxygens (including phenoxy) is 1. The Kier molecular flexibility index (Phi) is 6.91. The van der Waals surface area contributed by atoms with Crippen molar-refractivity contribution in [2.24, 2.45) is 0 Å². The molecule has 3 aromatic carbocycles. The van der Waals surface area contributed by atoms with Gasteiger partial charge in [0.2, 0.25) is 5.91 Å². The summed E-state index contributed by atoms with van der Waals surface area (Å²) in [4.78, 5) is 41.3. The largest absolute Gasteiger partial charge is 0.452 e. The Morgan fingerprint density at radius 3 is 2.46 bits per heavy atom. The predicted octanol–water partition coefficient (Wildman–Crippen LogP) is 3.86. The van der Waals surface area contributed by atoms with E-state index in [1.807, 2.05) is 67.8 Å². The van der Waals surface area contributed by atoms with Crippen LogP contribution in [0.5, 0.6) is 0 Å². The van der Waals surface area contributed by atoms with Crippen LogP contribution in [0.25, 0.3) is 16.7 Å². The van der Waals surface area contributed by atoms with E-state index in [1.54, 1.807) is 24.3 Å². The first-order valence-corrected chi connectivity index (χ1v) is 11.2. The third kappa shape index (κ3) is 5.38. The molecule has 4 aromatic rings. The van der Waals surface area contributed by atoms with Crippen molar-refractivity contribution in [3.05, 3.63) is 89.2 Å². The van der Waals surface area contributed by atoms with Crippen molar-refractivity contribution in [1.29, 1.82) is 0 Å². The van der Waals surface area contributed by atoms with Gasteiger partial charge < -0.3 is 15.4 Å². The summed E-state index contributed by atoms with van der Waals surface area (Å²) in [7, 11) is 0. The van der Waals surface area contributed by atoms with Crippen LogP contribution < -0.4 is 10.6 Å². The summed E-state index contributed by atoms with van der Waals surface area (Å²) in [6.07, 6.45) is 0. The van der Waals surface area contributed by atoms with Crippen molar-refractivity contribution in [3.63, 3.8) is 0 Å². The molecule has 178 valence electrons. The molecule has 0 radical (unpaired) electrons. The Labute approximate surface area is 202 Å². The van der Waals surface area contributed by atoms with Gasteiger partial charge in [-0.1, -0.05) is 30.3 Å². The second-order valence-corrected chi connectivity index (χ2v) is 8.18. The number of esters is 1. The second kappa shape index (κ2) is 10.2. The van der Waals surface area contributed by atoms with Gasteiger partial charge in [-0.05, 0) is 68.3 Å². The van der Waals surface area contributed by atoms with Gasteiger partial charge in [-0.25, -0.2) is 9.78 Å². The average molecular weight is 471 g/mol. The first kappa shape index (κ1) is 23.7. The Balaban J connectivity index is 1.32. The Hall–Kier alpha value is -4.46. The SMILES string of the molecule is Cc1cccc(NC(=O)CNC(=O)COC(=O)c2ccc3c(c2)nc(C)n3-c2ccccc2)c1C. The highest BCUT2D eigenvalue weighted by molar-refractivity contribution is 5.97. The molecule has 0 aliphatic carbocycles. The van der Waals surface area contributed by atoms with Crippen molar-refractivity contribution < 1.29 is 19.1 Å². The molecule has 0 saturated heterocycles. The highest BCUT2D eigenvalue weighted by Gasteiger charge is 2.15. The number of hydrogen-bond acceptors (Lipinski definition) is 5. The fourth-order valence-corrected chi connectivity index (χ4v) is 3.76. The molecule has 0 spiro atoms. The molecule has 1 heterocycles. The fourth-order valence-electron chi connectivity index (χ4n) is 3.76. The van der Waals surface area contributed by atoms with Gasteiger partial charge in [0.05, 0.1) is 23.1 Å². The third-order valence-electron chi connectivity index (χ3n) is 5.73. The number of para-hydroxylation sites is 1. The number of aromatic nitrogens is 2. The maximum Gasteiger partial charge on any atom is 0.338 e. The van der Waals surface area contributed by atoms with E-state index in [4.69, 9.17) is 4.74 Å². The topological polar surface area (TPSA) is 102 Å². The molecule has 2 N–H and O–H groups in total. The fraction of sp³-hybridized carbons (Fsp3) is 0.185.